The number of benzene rings is 1. The van der Waals surface area contributed by atoms with Gasteiger partial charge in [0.1, 0.15) is 5.69 Å². The lowest BCUT2D eigenvalue weighted by atomic mass is 9.91. The molecule has 120 valence electrons. The number of alkyl halides is 5. The van der Waals surface area contributed by atoms with Gasteiger partial charge in [0.05, 0.1) is 11.4 Å². The van der Waals surface area contributed by atoms with Gasteiger partial charge in [-0.15, -0.1) is 0 Å². The summed E-state index contributed by atoms with van der Waals surface area (Å²) in [5.74, 6) is -4.99. The van der Waals surface area contributed by atoms with Crippen LogP contribution in [0.4, 0.5) is 22.0 Å². The average molecular weight is 318 g/mol. The second-order valence-corrected chi connectivity index (χ2v) is 5.98. The van der Waals surface area contributed by atoms with Crippen LogP contribution in [0.1, 0.15) is 32.2 Å². The van der Waals surface area contributed by atoms with Crippen LogP contribution in [0.5, 0.6) is 0 Å². The first-order valence-corrected chi connectivity index (χ1v) is 6.55. The fraction of sp³-hybridized carbons (Fsp3) is 0.400. The van der Waals surface area contributed by atoms with E-state index in [2.05, 4.69) is 5.10 Å². The van der Waals surface area contributed by atoms with Gasteiger partial charge in [-0.2, -0.15) is 27.1 Å². The van der Waals surface area contributed by atoms with Gasteiger partial charge < -0.3 is 0 Å². The highest BCUT2D eigenvalue weighted by molar-refractivity contribution is 5.36. The topological polar surface area (TPSA) is 17.8 Å². The molecule has 0 atom stereocenters. The minimum absolute atomic E-state index is 0.276. The highest BCUT2D eigenvalue weighted by Gasteiger charge is 2.60. The van der Waals surface area contributed by atoms with E-state index in [0.717, 1.165) is 10.7 Å². The van der Waals surface area contributed by atoms with E-state index < -0.39 is 23.2 Å². The summed E-state index contributed by atoms with van der Waals surface area (Å²) >= 11 is 0. The van der Waals surface area contributed by atoms with Gasteiger partial charge in [-0.25, -0.2) is 4.68 Å². The van der Waals surface area contributed by atoms with Crippen LogP contribution in [0.25, 0.3) is 5.69 Å². The number of halogens is 5. The van der Waals surface area contributed by atoms with Gasteiger partial charge in [0, 0.05) is 5.41 Å². The first-order valence-electron chi connectivity index (χ1n) is 6.55. The van der Waals surface area contributed by atoms with E-state index in [1.165, 1.54) is 0 Å². The number of hydrogen-bond donors (Lipinski definition) is 0. The molecule has 2 aromatic rings. The second-order valence-electron chi connectivity index (χ2n) is 5.98. The Labute approximate surface area is 124 Å². The molecule has 0 spiro atoms. The third kappa shape index (κ3) is 2.84. The van der Waals surface area contributed by atoms with Gasteiger partial charge in [0.15, 0.2) is 0 Å². The third-order valence-electron chi connectivity index (χ3n) is 3.16. The molecule has 0 bridgehead atoms. The summed E-state index contributed by atoms with van der Waals surface area (Å²) in [7, 11) is 0. The molecule has 0 saturated heterocycles. The largest absolute Gasteiger partial charge is 0.459 e. The van der Waals surface area contributed by atoms with Crippen LogP contribution in [0, 0.1) is 0 Å². The SMILES string of the molecule is CC(C)(C)c1cc(C(F)(F)C(F)(F)F)nn1-c1ccccc1. The lowest BCUT2D eigenvalue weighted by Crippen LogP contribution is -2.34. The Balaban J connectivity index is 2.65. The molecule has 22 heavy (non-hydrogen) atoms. The lowest BCUT2D eigenvalue weighted by Gasteiger charge is -2.20. The molecule has 0 N–H and O–H groups in total. The van der Waals surface area contributed by atoms with Crippen LogP contribution >= 0.6 is 0 Å². The quantitative estimate of drug-likeness (QED) is 0.726. The van der Waals surface area contributed by atoms with Gasteiger partial charge >= 0.3 is 12.1 Å². The van der Waals surface area contributed by atoms with E-state index in [0.29, 0.717) is 5.69 Å². The van der Waals surface area contributed by atoms with Crippen LogP contribution in [-0.4, -0.2) is 16.0 Å². The van der Waals surface area contributed by atoms with Crippen LogP contribution < -0.4 is 0 Å². The summed E-state index contributed by atoms with van der Waals surface area (Å²) in [6.45, 7) is 5.16. The summed E-state index contributed by atoms with van der Waals surface area (Å²) in [6, 6.07) is 9.04. The molecule has 1 aromatic carbocycles. The molecule has 7 heteroatoms. The molecule has 0 radical (unpaired) electrons. The molecule has 0 aliphatic heterocycles. The molecular weight excluding hydrogens is 303 g/mol. The Bertz CT molecular complexity index is 651. The summed E-state index contributed by atoms with van der Waals surface area (Å²) in [5, 5.41) is 3.53. The predicted octanol–water partition coefficient (Wildman–Crippen LogP) is 4.82. The summed E-state index contributed by atoms with van der Waals surface area (Å²) in [5.41, 5.74) is -1.24. The Morgan fingerprint density at radius 2 is 1.45 bits per heavy atom. The van der Waals surface area contributed by atoms with E-state index in [-0.39, 0.29) is 5.69 Å². The molecule has 2 rings (SSSR count). The smallest absolute Gasteiger partial charge is 0.237 e. The Morgan fingerprint density at radius 3 is 1.91 bits per heavy atom. The van der Waals surface area contributed by atoms with Crippen molar-refractivity contribution in [3.05, 3.63) is 47.8 Å². The lowest BCUT2D eigenvalue weighted by molar-refractivity contribution is -0.291. The number of hydrogen-bond acceptors (Lipinski definition) is 1. The van der Waals surface area contributed by atoms with Crippen molar-refractivity contribution in [1.29, 1.82) is 0 Å². The maximum Gasteiger partial charge on any atom is 0.459 e. The van der Waals surface area contributed by atoms with E-state index in [9.17, 15) is 22.0 Å². The molecule has 0 saturated carbocycles. The van der Waals surface area contributed by atoms with E-state index in [4.69, 9.17) is 0 Å². The maximum atomic E-state index is 13.6. The molecule has 0 unspecified atom stereocenters. The number of rotatable bonds is 2. The monoisotopic (exact) mass is 318 g/mol. The zero-order valence-electron chi connectivity index (χ0n) is 12.2. The fourth-order valence-corrected chi connectivity index (χ4v) is 1.98. The Morgan fingerprint density at radius 1 is 0.909 bits per heavy atom. The molecule has 1 aromatic heterocycles. The van der Waals surface area contributed by atoms with E-state index in [1.807, 2.05) is 0 Å². The van der Waals surface area contributed by atoms with Crippen molar-refractivity contribution < 1.29 is 22.0 Å². The van der Waals surface area contributed by atoms with Crippen LogP contribution in [0.15, 0.2) is 36.4 Å². The Hall–Kier alpha value is -1.92. The standard InChI is InChI=1S/C15H15F5N2/c1-13(2,3)12-9-11(14(16,17)15(18,19)20)21-22(12)10-7-5-4-6-8-10/h4-9H,1-3H3. The van der Waals surface area contributed by atoms with Gasteiger partial charge in [0.2, 0.25) is 0 Å². The highest BCUT2D eigenvalue weighted by atomic mass is 19.4. The first kappa shape index (κ1) is 16.5. The summed E-state index contributed by atoms with van der Waals surface area (Å²) < 4.78 is 65.9. The molecular formula is C15H15F5N2. The minimum atomic E-state index is -5.68. The fourth-order valence-electron chi connectivity index (χ4n) is 1.98. The normalized spacial score (nSPS) is 13.5. The molecule has 1 heterocycles. The summed E-state index contributed by atoms with van der Waals surface area (Å²) in [4.78, 5) is 0. The third-order valence-corrected chi connectivity index (χ3v) is 3.16. The van der Waals surface area contributed by atoms with Crippen molar-refractivity contribution >= 4 is 0 Å². The van der Waals surface area contributed by atoms with Gasteiger partial charge in [-0.1, -0.05) is 39.0 Å². The molecule has 0 aliphatic carbocycles. The Kier molecular flexibility index (Phi) is 3.79. The van der Waals surface area contributed by atoms with Crippen molar-refractivity contribution in [2.24, 2.45) is 0 Å². The zero-order valence-corrected chi connectivity index (χ0v) is 12.2. The second kappa shape index (κ2) is 5.07. The molecule has 0 aliphatic rings. The van der Waals surface area contributed by atoms with Crippen LogP contribution in [0.2, 0.25) is 0 Å². The number of nitrogens with zero attached hydrogens (tertiary/aromatic N) is 2. The van der Waals surface area contributed by atoms with Crippen molar-refractivity contribution in [2.45, 2.75) is 38.3 Å². The van der Waals surface area contributed by atoms with E-state index >= 15 is 0 Å². The number of para-hydroxylation sites is 1. The minimum Gasteiger partial charge on any atom is -0.237 e. The average Bonchev–Trinajstić information content (AvgIpc) is 2.84. The van der Waals surface area contributed by atoms with E-state index in [1.54, 1.807) is 51.1 Å². The van der Waals surface area contributed by atoms with Crippen molar-refractivity contribution in [2.75, 3.05) is 0 Å². The van der Waals surface area contributed by atoms with Gasteiger partial charge in [-0.3, -0.25) is 0 Å². The maximum absolute atomic E-state index is 13.6. The van der Waals surface area contributed by atoms with Gasteiger partial charge in [-0.05, 0) is 18.2 Å². The zero-order chi connectivity index (χ0) is 16.8. The molecule has 0 amide bonds. The number of aromatic nitrogens is 2. The predicted molar refractivity (Wildman–Crippen MR) is 72.2 cm³/mol. The summed E-state index contributed by atoms with van der Waals surface area (Å²) in [6.07, 6.45) is -5.68. The van der Waals surface area contributed by atoms with Crippen molar-refractivity contribution in [3.63, 3.8) is 0 Å². The first-order chi connectivity index (χ1) is 9.94. The molecule has 2 nitrogen and oxygen atoms in total. The highest BCUT2D eigenvalue weighted by Crippen LogP contribution is 2.44. The van der Waals surface area contributed by atoms with Crippen molar-refractivity contribution in [3.8, 4) is 5.69 Å². The van der Waals surface area contributed by atoms with Gasteiger partial charge in [0.25, 0.3) is 0 Å². The molecule has 0 fully saturated rings. The van der Waals surface area contributed by atoms with Crippen LogP contribution in [0.3, 0.4) is 0 Å². The van der Waals surface area contributed by atoms with Crippen molar-refractivity contribution in [1.82, 2.24) is 9.78 Å². The van der Waals surface area contributed by atoms with Crippen LogP contribution in [-0.2, 0) is 11.3 Å².